The third-order valence-electron chi connectivity index (χ3n) is 2.05. The Morgan fingerprint density at radius 3 is 2.76 bits per heavy atom. The highest BCUT2D eigenvalue weighted by molar-refractivity contribution is 5.91. The molecule has 0 aliphatic carbocycles. The van der Waals surface area contributed by atoms with E-state index in [0.29, 0.717) is 0 Å². The third-order valence-corrected chi connectivity index (χ3v) is 2.05. The van der Waals surface area contributed by atoms with Crippen molar-refractivity contribution >= 4 is 5.97 Å². The van der Waals surface area contributed by atoms with Crippen molar-refractivity contribution in [1.82, 2.24) is 4.98 Å². The Hall–Kier alpha value is -2.43. The average molecular weight is 233 g/mol. The van der Waals surface area contributed by atoms with Crippen molar-refractivity contribution in [2.75, 3.05) is 0 Å². The van der Waals surface area contributed by atoms with Gasteiger partial charge in [0.15, 0.2) is 11.6 Å². The van der Waals surface area contributed by atoms with Crippen molar-refractivity contribution < 1.29 is 19.0 Å². The second kappa shape index (κ2) is 4.61. The minimum absolute atomic E-state index is 0.228. The lowest BCUT2D eigenvalue weighted by Crippen LogP contribution is -2.01. The smallest absolute Gasteiger partial charge is 0.339 e. The molecule has 0 radical (unpaired) electrons. The lowest BCUT2D eigenvalue weighted by molar-refractivity contribution is 0.0693. The molecule has 86 valence electrons. The Kier molecular flexibility index (Phi) is 3.00. The molecule has 1 aromatic carbocycles. The van der Waals surface area contributed by atoms with Crippen molar-refractivity contribution in [2.45, 2.75) is 0 Å². The number of hydrogen-bond donors (Lipinski definition) is 1. The molecular formula is C12H8FNO3. The molecule has 0 atom stereocenters. The van der Waals surface area contributed by atoms with Crippen molar-refractivity contribution in [2.24, 2.45) is 0 Å². The van der Waals surface area contributed by atoms with E-state index >= 15 is 0 Å². The van der Waals surface area contributed by atoms with Crippen LogP contribution in [0.15, 0.2) is 42.7 Å². The SMILES string of the molecule is O=C(O)c1cccc(F)c1Oc1cccnc1. The van der Waals surface area contributed by atoms with Crippen molar-refractivity contribution in [3.8, 4) is 11.5 Å². The van der Waals surface area contributed by atoms with Gasteiger partial charge in [-0.15, -0.1) is 0 Å². The van der Waals surface area contributed by atoms with E-state index in [1.807, 2.05) is 0 Å². The highest BCUT2D eigenvalue weighted by Crippen LogP contribution is 2.27. The number of aromatic carboxylic acids is 1. The molecule has 0 saturated heterocycles. The van der Waals surface area contributed by atoms with Crippen LogP contribution in [0.2, 0.25) is 0 Å². The maximum atomic E-state index is 13.5. The molecule has 0 unspecified atom stereocenters. The average Bonchev–Trinajstić information content (AvgIpc) is 2.33. The minimum Gasteiger partial charge on any atom is -0.478 e. The Bertz CT molecular complexity index is 543. The number of carboxylic acids is 1. The first-order valence-electron chi connectivity index (χ1n) is 4.78. The van der Waals surface area contributed by atoms with Crippen molar-refractivity contribution in [3.05, 3.63) is 54.1 Å². The summed E-state index contributed by atoms with van der Waals surface area (Å²) in [5.41, 5.74) is -0.228. The molecule has 0 bridgehead atoms. The number of carboxylic acid groups (broad SMARTS) is 1. The first-order chi connectivity index (χ1) is 8.18. The zero-order valence-corrected chi connectivity index (χ0v) is 8.63. The quantitative estimate of drug-likeness (QED) is 0.885. The van der Waals surface area contributed by atoms with E-state index in [9.17, 15) is 9.18 Å². The number of hydrogen-bond acceptors (Lipinski definition) is 3. The summed E-state index contributed by atoms with van der Waals surface area (Å²) < 4.78 is 18.7. The molecule has 4 nitrogen and oxygen atoms in total. The van der Waals surface area contributed by atoms with Crippen molar-refractivity contribution in [1.29, 1.82) is 0 Å². The monoisotopic (exact) mass is 233 g/mol. The van der Waals surface area contributed by atoms with Gasteiger partial charge in [-0.3, -0.25) is 4.98 Å². The van der Waals surface area contributed by atoms with Crippen LogP contribution in [0.25, 0.3) is 0 Å². The minimum atomic E-state index is -1.25. The predicted octanol–water partition coefficient (Wildman–Crippen LogP) is 2.71. The molecule has 5 heteroatoms. The fourth-order valence-electron chi connectivity index (χ4n) is 1.31. The molecule has 0 amide bonds. The topological polar surface area (TPSA) is 59.4 Å². The molecule has 0 saturated carbocycles. The number of halogens is 1. The molecule has 1 N–H and O–H groups in total. The van der Waals surface area contributed by atoms with E-state index in [1.165, 1.54) is 24.5 Å². The summed E-state index contributed by atoms with van der Waals surface area (Å²) in [5, 5.41) is 8.91. The van der Waals surface area contributed by atoms with Gasteiger partial charge in [-0.2, -0.15) is 0 Å². The molecule has 0 aliphatic heterocycles. The molecular weight excluding hydrogens is 225 g/mol. The maximum absolute atomic E-state index is 13.5. The summed E-state index contributed by atoms with van der Waals surface area (Å²) >= 11 is 0. The number of pyridine rings is 1. The molecule has 0 spiro atoms. The van der Waals surface area contributed by atoms with Gasteiger partial charge in [0.25, 0.3) is 0 Å². The van der Waals surface area contributed by atoms with Gasteiger partial charge >= 0.3 is 5.97 Å². The number of nitrogens with zero attached hydrogens (tertiary/aromatic N) is 1. The number of rotatable bonds is 3. The highest BCUT2D eigenvalue weighted by Gasteiger charge is 2.16. The lowest BCUT2D eigenvalue weighted by atomic mass is 10.2. The number of ether oxygens (including phenoxy) is 1. The largest absolute Gasteiger partial charge is 0.478 e. The first-order valence-corrected chi connectivity index (χ1v) is 4.78. The second-order valence-electron chi connectivity index (χ2n) is 3.21. The lowest BCUT2D eigenvalue weighted by Gasteiger charge is -2.08. The van der Waals surface area contributed by atoms with Gasteiger partial charge in [0.05, 0.1) is 6.20 Å². The van der Waals surface area contributed by atoms with Crippen molar-refractivity contribution in [3.63, 3.8) is 0 Å². The number of carbonyl (C=O) groups is 1. The summed E-state index contributed by atoms with van der Waals surface area (Å²) in [6, 6.07) is 6.89. The van der Waals surface area contributed by atoms with Crippen LogP contribution in [0.1, 0.15) is 10.4 Å². The summed E-state index contributed by atoms with van der Waals surface area (Å²) in [5.74, 6) is -2.01. The zero-order valence-electron chi connectivity index (χ0n) is 8.63. The number of para-hydroxylation sites is 1. The number of aromatic nitrogens is 1. The molecule has 0 fully saturated rings. The first kappa shape index (κ1) is 11.1. The van der Waals surface area contributed by atoms with E-state index in [2.05, 4.69) is 4.98 Å². The Morgan fingerprint density at radius 1 is 1.29 bits per heavy atom. The van der Waals surface area contributed by atoms with E-state index in [-0.39, 0.29) is 17.1 Å². The molecule has 0 aliphatic rings. The summed E-state index contributed by atoms with van der Waals surface area (Å²) in [6.45, 7) is 0. The van der Waals surface area contributed by atoms with Crippen LogP contribution in [0, 0.1) is 5.82 Å². The summed E-state index contributed by atoms with van der Waals surface area (Å²) in [6.07, 6.45) is 2.91. The van der Waals surface area contributed by atoms with Gasteiger partial charge in [-0.1, -0.05) is 6.07 Å². The summed E-state index contributed by atoms with van der Waals surface area (Å²) in [4.78, 5) is 14.7. The molecule has 17 heavy (non-hydrogen) atoms. The third kappa shape index (κ3) is 2.39. The molecule has 1 heterocycles. The van der Waals surface area contributed by atoms with Gasteiger partial charge < -0.3 is 9.84 Å². The van der Waals surface area contributed by atoms with Crippen LogP contribution in [0.4, 0.5) is 4.39 Å². The Morgan fingerprint density at radius 2 is 2.12 bits per heavy atom. The van der Waals surface area contributed by atoms with Crippen LogP contribution in [-0.2, 0) is 0 Å². The Balaban J connectivity index is 2.41. The van der Waals surface area contributed by atoms with Crippen LogP contribution in [-0.4, -0.2) is 16.1 Å². The van der Waals surface area contributed by atoms with E-state index in [0.717, 1.165) is 6.07 Å². The van der Waals surface area contributed by atoms with Gasteiger partial charge in [0, 0.05) is 6.20 Å². The van der Waals surface area contributed by atoms with Crippen LogP contribution in [0.5, 0.6) is 11.5 Å². The Labute approximate surface area is 96.3 Å². The van der Waals surface area contributed by atoms with E-state index in [1.54, 1.807) is 12.1 Å². The highest BCUT2D eigenvalue weighted by atomic mass is 19.1. The standard InChI is InChI=1S/C12H8FNO3/c13-10-5-1-4-9(12(15)16)11(10)17-8-3-2-6-14-7-8/h1-7H,(H,15,16). The van der Waals surface area contributed by atoms with Gasteiger partial charge in [-0.05, 0) is 24.3 Å². The fraction of sp³-hybridized carbons (Fsp3) is 0. The van der Waals surface area contributed by atoms with Gasteiger partial charge in [0.1, 0.15) is 11.3 Å². The van der Waals surface area contributed by atoms with Crippen LogP contribution in [0.3, 0.4) is 0 Å². The van der Waals surface area contributed by atoms with Gasteiger partial charge in [0.2, 0.25) is 0 Å². The molecule has 2 aromatic rings. The maximum Gasteiger partial charge on any atom is 0.339 e. The van der Waals surface area contributed by atoms with Gasteiger partial charge in [-0.25, -0.2) is 9.18 Å². The zero-order chi connectivity index (χ0) is 12.3. The molecule has 1 aromatic heterocycles. The number of benzene rings is 1. The predicted molar refractivity (Wildman–Crippen MR) is 57.7 cm³/mol. The molecule has 2 rings (SSSR count). The normalized spacial score (nSPS) is 9.94. The second-order valence-corrected chi connectivity index (χ2v) is 3.21. The van der Waals surface area contributed by atoms with E-state index in [4.69, 9.17) is 9.84 Å². The van der Waals surface area contributed by atoms with Crippen LogP contribution >= 0.6 is 0 Å². The fourth-order valence-corrected chi connectivity index (χ4v) is 1.31. The summed E-state index contributed by atoms with van der Waals surface area (Å²) in [7, 11) is 0. The van der Waals surface area contributed by atoms with Crippen LogP contribution < -0.4 is 4.74 Å². The van der Waals surface area contributed by atoms with E-state index < -0.39 is 11.8 Å².